The van der Waals surface area contributed by atoms with Crippen molar-refractivity contribution in [1.29, 1.82) is 0 Å². The fraction of sp³-hybridized carbons (Fsp3) is 0.143. The number of carbonyl (C=O) groups excluding carboxylic acids is 1. The van der Waals surface area contributed by atoms with Gasteiger partial charge in [-0.25, -0.2) is 18.0 Å². The van der Waals surface area contributed by atoms with Gasteiger partial charge in [-0.05, 0) is 42.3 Å². The lowest BCUT2D eigenvalue weighted by Gasteiger charge is -2.07. The van der Waals surface area contributed by atoms with Gasteiger partial charge in [-0.15, -0.1) is 11.3 Å². The minimum atomic E-state index is -1.39. The smallest absolute Gasteiger partial charge is 0.348 e. The van der Waals surface area contributed by atoms with Gasteiger partial charge in [0.25, 0.3) is 5.91 Å². The molecule has 0 fully saturated rings. The highest BCUT2D eigenvalue weighted by molar-refractivity contribution is 7.18. The fourth-order valence-electron chi connectivity index (χ4n) is 2.66. The molecule has 3 rings (SSSR count). The topological polar surface area (TPSA) is 75.6 Å². The molecule has 0 saturated heterocycles. The molecule has 0 saturated carbocycles. The average molecular weight is 435 g/mol. The highest BCUT2D eigenvalue weighted by Gasteiger charge is 2.23. The third-order valence-electron chi connectivity index (χ3n) is 4.02. The van der Waals surface area contributed by atoms with Crippen LogP contribution in [-0.4, -0.2) is 23.6 Å². The number of carbonyl (C=O) groups is 2. The van der Waals surface area contributed by atoms with E-state index in [1.165, 1.54) is 6.07 Å². The number of amides is 1. The lowest BCUT2D eigenvalue weighted by Crippen LogP contribution is -2.17. The summed E-state index contributed by atoms with van der Waals surface area (Å²) < 4.78 is 46.3. The maximum Gasteiger partial charge on any atom is 0.348 e. The zero-order valence-corrected chi connectivity index (χ0v) is 16.5. The Morgan fingerprint density at radius 1 is 1.07 bits per heavy atom. The molecule has 2 aromatic carbocycles. The van der Waals surface area contributed by atoms with Gasteiger partial charge >= 0.3 is 5.97 Å². The van der Waals surface area contributed by atoms with Gasteiger partial charge in [0.15, 0.2) is 0 Å². The Balaban J connectivity index is 1.90. The van der Waals surface area contributed by atoms with Crippen molar-refractivity contribution in [3.63, 3.8) is 0 Å². The van der Waals surface area contributed by atoms with E-state index in [0.29, 0.717) is 34.9 Å². The molecule has 1 aromatic heterocycles. The molecule has 1 heterocycles. The van der Waals surface area contributed by atoms with Gasteiger partial charge in [0.1, 0.15) is 33.6 Å². The predicted octanol–water partition coefficient (Wildman–Crippen LogP) is 5.57. The monoisotopic (exact) mass is 435 g/mol. The molecular formula is C21H16F3NO4S. The van der Waals surface area contributed by atoms with Crippen molar-refractivity contribution >= 4 is 28.9 Å². The number of carboxylic acid groups (broad SMARTS) is 1. The van der Waals surface area contributed by atoms with Crippen LogP contribution in [0.15, 0.2) is 42.5 Å². The second-order valence-electron chi connectivity index (χ2n) is 6.23. The zero-order valence-electron chi connectivity index (χ0n) is 15.7. The van der Waals surface area contributed by atoms with Crippen LogP contribution >= 0.6 is 11.3 Å². The van der Waals surface area contributed by atoms with Gasteiger partial charge in [-0.2, -0.15) is 0 Å². The molecule has 0 aliphatic rings. The molecule has 0 bridgehead atoms. The Kier molecular flexibility index (Phi) is 6.41. The van der Waals surface area contributed by atoms with Crippen molar-refractivity contribution in [3.8, 4) is 16.2 Å². The highest BCUT2D eigenvalue weighted by Crippen LogP contribution is 2.36. The quantitative estimate of drug-likeness (QED) is 0.509. The maximum atomic E-state index is 13.9. The number of aromatic carboxylic acids is 1. The molecule has 30 heavy (non-hydrogen) atoms. The lowest BCUT2D eigenvalue weighted by atomic mass is 10.1. The SMILES string of the molecule is CCCOc1ccc(-c2cc(NC(=O)c3c(F)cc(F)cc3F)c(C(=O)O)s2)cc1. The maximum absolute atomic E-state index is 13.9. The van der Waals surface area contributed by atoms with Crippen LogP contribution in [-0.2, 0) is 0 Å². The van der Waals surface area contributed by atoms with Crippen LogP contribution in [0.5, 0.6) is 5.75 Å². The Hall–Kier alpha value is -3.33. The third-order valence-corrected chi connectivity index (χ3v) is 5.19. The van der Waals surface area contributed by atoms with Crippen LogP contribution in [0.4, 0.5) is 18.9 Å². The molecule has 0 spiro atoms. The number of hydrogen-bond acceptors (Lipinski definition) is 4. The van der Waals surface area contributed by atoms with Crippen molar-refractivity contribution in [2.75, 3.05) is 11.9 Å². The highest BCUT2D eigenvalue weighted by atomic mass is 32.1. The van der Waals surface area contributed by atoms with Gasteiger partial charge in [0.05, 0.1) is 12.3 Å². The van der Waals surface area contributed by atoms with Crippen LogP contribution in [0.3, 0.4) is 0 Å². The number of ether oxygens (including phenoxy) is 1. The van der Waals surface area contributed by atoms with Crippen molar-refractivity contribution < 1.29 is 32.6 Å². The molecule has 0 radical (unpaired) electrons. The first-order chi connectivity index (χ1) is 14.3. The van der Waals surface area contributed by atoms with E-state index in [1.54, 1.807) is 24.3 Å². The molecule has 156 valence electrons. The molecule has 0 unspecified atom stereocenters. The number of thiophene rings is 1. The minimum absolute atomic E-state index is 0.123. The number of benzene rings is 2. The minimum Gasteiger partial charge on any atom is -0.494 e. The fourth-order valence-corrected chi connectivity index (χ4v) is 3.62. The van der Waals surface area contributed by atoms with Crippen LogP contribution in [0.2, 0.25) is 0 Å². The summed E-state index contributed by atoms with van der Waals surface area (Å²) >= 11 is 0.890. The zero-order chi connectivity index (χ0) is 21.8. The van der Waals surface area contributed by atoms with E-state index in [9.17, 15) is 27.9 Å². The van der Waals surface area contributed by atoms with Crippen LogP contribution < -0.4 is 10.1 Å². The summed E-state index contributed by atoms with van der Waals surface area (Å²) in [7, 11) is 0. The van der Waals surface area contributed by atoms with Crippen LogP contribution in [0.1, 0.15) is 33.4 Å². The normalized spacial score (nSPS) is 10.7. The van der Waals surface area contributed by atoms with Crippen LogP contribution in [0, 0.1) is 17.5 Å². The molecule has 1 amide bonds. The summed E-state index contributed by atoms with van der Waals surface area (Å²) in [4.78, 5) is 24.2. The van der Waals surface area contributed by atoms with E-state index in [1.807, 2.05) is 6.92 Å². The van der Waals surface area contributed by atoms with Crippen LogP contribution in [0.25, 0.3) is 10.4 Å². The largest absolute Gasteiger partial charge is 0.494 e. The summed E-state index contributed by atoms with van der Waals surface area (Å²) in [6.07, 6.45) is 0.854. The first-order valence-corrected chi connectivity index (χ1v) is 9.68. The predicted molar refractivity (Wildman–Crippen MR) is 107 cm³/mol. The summed E-state index contributed by atoms with van der Waals surface area (Å²) in [5.74, 6) is -5.83. The number of hydrogen-bond donors (Lipinski definition) is 2. The molecular weight excluding hydrogens is 419 g/mol. The summed E-state index contributed by atoms with van der Waals surface area (Å²) in [5.41, 5.74) is -0.453. The number of carboxylic acids is 1. The second kappa shape index (κ2) is 9.00. The van der Waals surface area contributed by atoms with Crippen molar-refractivity contribution in [3.05, 3.63) is 70.4 Å². The van der Waals surface area contributed by atoms with Gasteiger partial charge < -0.3 is 15.2 Å². The Bertz CT molecular complexity index is 1070. The number of halogens is 3. The Labute approximate surface area is 173 Å². The Morgan fingerprint density at radius 2 is 1.70 bits per heavy atom. The lowest BCUT2D eigenvalue weighted by molar-refractivity contribution is 0.0703. The van der Waals surface area contributed by atoms with Crippen molar-refractivity contribution in [2.45, 2.75) is 13.3 Å². The van der Waals surface area contributed by atoms with Gasteiger partial charge in [0.2, 0.25) is 0 Å². The Morgan fingerprint density at radius 3 is 2.27 bits per heavy atom. The molecule has 0 aliphatic carbocycles. The van der Waals surface area contributed by atoms with Gasteiger partial charge in [-0.3, -0.25) is 4.79 Å². The number of rotatable bonds is 7. The van der Waals surface area contributed by atoms with Crippen molar-refractivity contribution in [1.82, 2.24) is 0 Å². The van der Waals surface area contributed by atoms with Gasteiger partial charge in [-0.1, -0.05) is 6.92 Å². The molecule has 3 aromatic rings. The van der Waals surface area contributed by atoms with Gasteiger partial charge in [0, 0.05) is 17.0 Å². The summed E-state index contributed by atoms with van der Waals surface area (Å²) in [6.45, 7) is 2.54. The average Bonchev–Trinajstić information content (AvgIpc) is 3.10. The first kappa shape index (κ1) is 21.4. The van der Waals surface area contributed by atoms with E-state index in [0.717, 1.165) is 17.8 Å². The first-order valence-electron chi connectivity index (χ1n) is 8.86. The van der Waals surface area contributed by atoms with E-state index in [-0.39, 0.29) is 10.6 Å². The summed E-state index contributed by atoms with van der Waals surface area (Å²) in [5, 5.41) is 11.6. The molecule has 0 aliphatic heterocycles. The molecule has 5 nitrogen and oxygen atoms in total. The number of anilines is 1. The van der Waals surface area contributed by atoms with E-state index in [2.05, 4.69) is 5.32 Å². The molecule has 9 heteroatoms. The second-order valence-corrected chi connectivity index (χ2v) is 7.28. The van der Waals surface area contributed by atoms with E-state index in [4.69, 9.17) is 4.74 Å². The van der Waals surface area contributed by atoms with E-state index < -0.39 is 34.9 Å². The van der Waals surface area contributed by atoms with Crippen molar-refractivity contribution in [2.24, 2.45) is 0 Å². The molecule has 2 N–H and O–H groups in total. The third kappa shape index (κ3) is 4.62. The van der Waals surface area contributed by atoms with E-state index >= 15 is 0 Å². The standard InChI is InChI=1S/C21H16F3NO4S/c1-2-7-29-13-5-3-11(4-6-13)17-10-16(19(30-17)21(27)28)25-20(26)18-14(23)8-12(22)9-15(18)24/h3-6,8-10H,2,7H2,1H3,(H,25,26)(H,27,28). The summed E-state index contributed by atoms with van der Waals surface area (Å²) in [6, 6.07) is 9.06. The molecule has 0 atom stereocenters. The number of nitrogens with one attached hydrogen (secondary N) is 1.